The van der Waals surface area contributed by atoms with E-state index in [0.29, 0.717) is 17.4 Å². The van der Waals surface area contributed by atoms with Gasteiger partial charge in [-0.25, -0.2) is 0 Å². The lowest BCUT2D eigenvalue weighted by atomic mass is 9.69. The highest BCUT2D eigenvalue weighted by molar-refractivity contribution is 5.81. The number of nitrogens with one attached hydrogen (secondary N) is 2. The van der Waals surface area contributed by atoms with Crippen LogP contribution in [0.25, 0.3) is 0 Å². The number of rotatable bonds is 2. The van der Waals surface area contributed by atoms with Gasteiger partial charge in [0, 0.05) is 18.5 Å². The van der Waals surface area contributed by atoms with Gasteiger partial charge in [0.15, 0.2) is 5.96 Å². The summed E-state index contributed by atoms with van der Waals surface area (Å²) >= 11 is 0. The van der Waals surface area contributed by atoms with E-state index in [1.807, 2.05) is 0 Å². The summed E-state index contributed by atoms with van der Waals surface area (Å²) in [5.41, 5.74) is 3.35. The van der Waals surface area contributed by atoms with Crippen molar-refractivity contribution < 1.29 is 0 Å². The van der Waals surface area contributed by atoms with Gasteiger partial charge in [-0.05, 0) is 36.3 Å². The zero-order valence-corrected chi connectivity index (χ0v) is 12.7. The highest BCUT2D eigenvalue weighted by atomic mass is 15.2. The smallest absolute Gasteiger partial charge is 0.191 e. The second-order valence-corrected chi connectivity index (χ2v) is 6.82. The molecule has 3 nitrogen and oxygen atoms in total. The number of hydrogen-bond donors (Lipinski definition) is 2. The second kappa shape index (κ2) is 5.12. The van der Waals surface area contributed by atoms with Crippen molar-refractivity contribution in [2.75, 3.05) is 13.1 Å². The molecule has 0 fully saturated rings. The van der Waals surface area contributed by atoms with Gasteiger partial charge in [-0.1, -0.05) is 38.1 Å². The van der Waals surface area contributed by atoms with Crippen LogP contribution in [0.4, 0.5) is 0 Å². The summed E-state index contributed by atoms with van der Waals surface area (Å²) in [6.07, 6.45) is 2.51. The Balaban J connectivity index is 1.72. The maximum absolute atomic E-state index is 4.48. The molecule has 1 aliphatic heterocycles. The van der Waals surface area contributed by atoms with Crippen molar-refractivity contribution >= 4 is 5.96 Å². The topological polar surface area (TPSA) is 36.4 Å². The number of aliphatic imine (C=N–C) groups is 1. The Labute approximate surface area is 121 Å². The van der Waals surface area contributed by atoms with Crippen LogP contribution in [0.3, 0.4) is 0 Å². The van der Waals surface area contributed by atoms with Crippen molar-refractivity contribution in [1.29, 1.82) is 0 Å². The zero-order valence-electron chi connectivity index (χ0n) is 12.7. The summed E-state index contributed by atoms with van der Waals surface area (Å²) in [6.45, 7) is 8.75. The van der Waals surface area contributed by atoms with Crippen LogP contribution < -0.4 is 10.6 Å². The fraction of sp³-hybridized carbons (Fsp3) is 0.588. The van der Waals surface area contributed by atoms with Gasteiger partial charge in [-0.15, -0.1) is 0 Å². The minimum atomic E-state index is 0.310. The van der Waals surface area contributed by atoms with Gasteiger partial charge in [0.2, 0.25) is 0 Å². The molecule has 0 radical (unpaired) electrons. The molecule has 0 spiro atoms. The fourth-order valence-electron chi connectivity index (χ4n) is 3.39. The Morgan fingerprint density at radius 1 is 1.35 bits per heavy atom. The van der Waals surface area contributed by atoms with E-state index >= 15 is 0 Å². The fourth-order valence-corrected chi connectivity index (χ4v) is 3.39. The molecule has 1 aromatic carbocycles. The van der Waals surface area contributed by atoms with E-state index < -0.39 is 0 Å². The van der Waals surface area contributed by atoms with Gasteiger partial charge in [-0.3, -0.25) is 4.99 Å². The molecule has 0 amide bonds. The van der Waals surface area contributed by atoms with E-state index in [0.717, 1.165) is 19.0 Å². The summed E-state index contributed by atoms with van der Waals surface area (Å²) in [7, 11) is 0. The van der Waals surface area contributed by atoms with Crippen molar-refractivity contribution in [1.82, 2.24) is 10.6 Å². The average molecular weight is 271 g/mol. The first-order valence-electron chi connectivity index (χ1n) is 7.70. The summed E-state index contributed by atoms with van der Waals surface area (Å²) in [4.78, 5) is 4.48. The summed E-state index contributed by atoms with van der Waals surface area (Å²) < 4.78 is 0. The summed E-state index contributed by atoms with van der Waals surface area (Å²) in [5, 5.41) is 6.86. The number of hydrogen-bond acceptors (Lipinski definition) is 3. The zero-order chi connectivity index (χ0) is 14.2. The molecule has 1 aliphatic carbocycles. The SMILES string of the molecule is CC1CN=C(NCC2CCC(C)(C)c3ccccc32)N1. The lowest BCUT2D eigenvalue weighted by molar-refractivity contribution is 0.390. The van der Waals surface area contributed by atoms with Crippen LogP contribution in [0, 0.1) is 0 Å². The molecule has 2 aliphatic rings. The van der Waals surface area contributed by atoms with Gasteiger partial charge in [0.1, 0.15) is 0 Å². The largest absolute Gasteiger partial charge is 0.356 e. The van der Waals surface area contributed by atoms with E-state index in [-0.39, 0.29) is 0 Å². The molecular formula is C17H25N3. The Morgan fingerprint density at radius 2 is 2.15 bits per heavy atom. The maximum atomic E-state index is 4.48. The first-order chi connectivity index (χ1) is 9.56. The molecule has 3 heteroatoms. The van der Waals surface area contributed by atoms with Gasteiger partial charge in [-0.2, -0.15) is 0 Å². The molecule has 2 N–H and O–H groups in total. The van der Waals surface area contributed by atoms with Crippen LogP contribution in [0.5, 0.6) is 0 Å². The Hall–Kier alpha value is -1.51. The van der Waals surface area contributed by atoms with Crippen LogP contribution in [0.2, 0.25) is 0 Å². The molecule has 2 atom stereocenters. The van der Waals surface area contributed by atoms with Crippen molar-refractivity contribution in [2.45, 2.75) is 51.0 Å². The van der Waals surface area contributed by atoms with Gasteiger partial charge < -0.3 is 10.6 Å². The van der Waals surface area contributed by atoms with E-state index in [1.54, 1.807) is 0 Å². The van der Waals surface area contributed by atoms with Crippen molar-refractivity contribution in [3.05, 3.63) is 35.4 Å². The first-order valence-corrected chi connectivity index (χ1v) is 7.70. The first kappa shape index (κ1) is 13.5. The van der Waals surface area contributed by atoms with Crippen LogP contribution in [0.1, 0.15) is 50.7 Å². The molecule has 0 bridgehead atoms. The monoisotopic (exact) mass is 271 g/mol. The molecule has 0 saturated carbocycles. The quantitative estimate of drug-likeness (QED) is 0.868. The predicted molar refractivity (Wildman–Crippen MR) is 84.3 cm³/mol. The van der Waals surface area contributed by atoms with E-state index in [9.17, 15) is 0 Å². The third-order valence-corrected chi connectivity index (χ3v) is 4.67. The number of fused-ring (bicyclic) bond motifs is 1. The van der Waals surface area contributed by atoms with Crippen molar-refractivity contribution in [3.63, 3.8) is 0 Å². The Bertz CT molecular complexity index is 519. The Kier molecular flexibility index (Phi) is 3.45. The molecule has 108 valence electrons. The highest BCUT2D eigenvalue weighted by Crippen LogP contribution is 2.42. The van der Waals surface area contributed by atoms with E-state index in [4.69, 9.17) is 0 Å². The summed E-state index contributed by atoms with van der Waals surface area (Å²) in [6, 6.07) is 9.40. The van der Waals surface area contributed by atoms with Crippen molar-refractivity contribution in [3.8, 4) is 0 Å². The molecule has 20 heavy (non-hydrogen) atoms. The maximum Gasteiger partial charge on any atom is 0.191 e. The van der Waals surface area contributed by atoms with Crippen LogP contribution in [-0.2, 0) is 5.41 Å². The number of benzene rings is 1. The normalized spacial score (nSPS) is 27.4. The minimum absolute atomic E-state index is 0.310. The molecule has 1 heterocycles. The van der Waals surface area contributed by atoms with Gasteiger partial charge in [0.05, 0.1) is 6.54 Å². The van der Waals surface area contributed by atoms with Gasteiger partial charge in [0.25, 0.3) is 0 Å². The predicted octanol–water partition coefficient (Wildman–Crippen LogP) is 2.78. The number of guanidine groups is 1. The lowest BCUT2D eigenvalue weighted by Gasteiger charge is -2.37. The third kappa shape index (κ3) is 2.54. The van der Waals surface area contributed by atoms with E-state index in [1.165, 1.54) is 24.0 Å². The number of nitrogens with zero attached hydrogens (tertiary/aromatic N) is 1. The molecule has 0 saturated heterocycles. The van der Waals surface area contributed by atoms with Crippen LogP contribution in [0.15, 0.2) is 29.3 Å². The average Bonchev–Trinajstić information content (AvgIpc) is 2.84. The van der Waals surface area contributed by atoms with Crippen LogP contribution in [-0.4, -0.2) is 25.1 Å². The second-order valence-electron chi connectivity index (χ2n) is 6.82. The van der Waals surface area contributed by atoms with Gasteiger partial charge >= 0.3 is 0 Å². The molecule has 3 rings (SSSR count). The minimum Gasteiger partial charge on any atom is -0.356 e. The highest BCUT2D eigenvalue weighted by Gasteiger charge is 2.32. The van der Waals surface area contributed by atoms with Crippen molar-refractivity contribution in [2.24, 2.45) is 4.99 Å². The molecular weight excluding hydrogens is 246 g/mol. The lowest BCUT2D eigenvalue weighted by Crippen LogP contribution is -2.40. The standard InChI is InChI=1S/C17H25N3/c1-12-10-18-16(20-12)19-11-13-8-9-17(2,3)15-7-5-4-6-14(13)15/h4-7,12-13H,8-11H2,1-3H3,(H2,18,19,20). The van der Waals surface area contributed by atoms with E-state index in [2.05, 4.69) is 60.7 Å². The molecule has 0 aromatic heterocycles. The van der Waals surface area contributed by atoms with Crippen LogP contribution >= 0.6 is 0 Å². The Morgan fingerprint density at radius 3 is 2.90 bits per heavy atom. The summed E-state index contributed by atoms with van der Waals surface area (Å²) in [5.74, 6) is 1.57. The molecule has 2 unspecified atom stereocenters. The molecule has 1 aromatic rings. The third-order valence-electron chi connectivity index (χ3n) is 4.67.